The Hall–Kier alpha value is -2.08. The van der Waals surface area contributed by atoms with Gasteiger partial charge in [0.25, 0.3) is 7.05 Å². The number of carbonyl (C=O) groups excluding carboxylic acids is 1. The Morgan fingerprint density at radius 3 is 2.56 bits per heavy atom. The second-order valence-corrected chi connectivity index (χ2v) is 3.50. The van der Waals surface area contributed by atoms with Crippen LogP contribution in [0.3, 0.4) is 0 Å². The van der Waals surface area contributed by atoms with Crippen LogP contribution in [-0.2, 0) is 11.3 Å². The van der Waals surface area contributed by atoms with Crippen molar-refractivity contribution >= 4 is 5.91 Å². The second-order valence-electron chi connectivity index (χ2n) is 3.50. The van der Waals surface area contributed by atoms with Crippen LogP contribution in [0.2, 0.25) is 0 Å². The lowest BCUT2D eigenvalue weighted by Gasteiger charge is -2.04. The average molecular weight is 215 g/mol. The molecular formula is C13H15N2O+. The molecule has 0 aliphatic heterocycles. The van der Waals surface area contributed by atoms with Gasteiger partial charge in [-0.05, 0) is 24.6 Å². The van der Waals surface area contributed by atoms with Crippen LogP contribution in [0.5, 0.6) is 0 Å². The maximum atomic E-state index is 11.2. The van der Waals surface area contributed by atoms with Crippen molar-refractivity contribution in [3.05, 3.63) is 52.4 Å². The summed E-state index contributed by atoms with van der Waals surface area (Å²) in [5, 5.41) is 2.77. The first-order valence-corrected chi connectivity index (χ1v) is 5.01. The van der Waals surface area contributed by atoms with E-state index in [1.807, 2.05) is 24.3 Å². The molecule has 0 heterocycles. The molecule has 1 aromatic carbocycles. The lowest BCUT2D eigenvalue weighted by atomic mass is 10.1. The van der Waals surface area contributed by atoms with E-state index >= 15 is 0 Å². The van der Waals surface area contributed by atoms with Gasteiger partial charge in [0.2, 0.25) is 5.91 Å². The number of hydrogen-bond acceptors (Lipinski definition) is 1. The van der Waals surface area contributed by atoms with Gasteiger partial charge in [-0.25, -0.2) is 0 Å². The fourth-order valence-corrected chi connectivity index (χ4v) is 1.16. The van der Waals surface area contributed by atoms with E-state index in [1.54, 1.807) is 14.0 Å². The SMILES string of the molecule is C=C(C)C(=O)NCc1ccc(C#[N+]C)cc1. The Labute approximate surface area is 95.6 Å². The fourth-order valence-electron chi connectivity index (χ4n) is 1.16. The number of amides is 1. The summed E-state index contributed by atoms with van der Waals surface area (Å²) < 4.78 is 0. The summed E-state index contributed by atoms with van der Waals surface area (Å²) in [4.78, 5) is 15.0. The molecule has 1 amide bonds. The molecule has 0 radical (unpaired) electrons. The molecule has 3 heteroatoms. The monoisotopic (exact) mass is 215 g/mol. The number of nitrogens with one attached hydrogen (secondary N) is 1. The van der Waals surface area contributed by atoms with Gasteiger partial charge in [0.15, 0.2) is 0 Å². The molecule has 0 unspecified atom stereocenters. The largest absolute Gasteiger partial charge is 0.348 e. The van der Waals surface area contributed by atoms with Crippen LogP contribution in [0.25, 0.3) is 4.85 Å². The molecule has 0 saturated carbocycles. The fraction of sp³-hybridized carbons (Fsp3) is 0.231. The van der Waals surface area contributed by atoms with Gasteiger partial charge in [-0.3, -0.25) is 4.79 Å². The lowest BCUT2D eigenvalue weighted by Crippen LogP contribution is -2.22. The third kappa shape index (κ3) is 3.58. The molecule has 16 heavy (non-hydrogen) atoms. The number of nitrogens with zero attached hydrogens (tertiary/aromatic N) is 1. The van der Waals surface area contributed by atoms with E-state index in [-0.39, 0.29) is 5.91 Å². The van der Waals surface area contributed by atoms with Crippen LogP contribution >= 0.6 is 0 Å². The Morgan fingerprint density at radius 1 is 1.44 bits per heavy atom. The van der Waals surface area contributed by atoms with Gasteiger partial charge in [-0.15, -0.1) is 0 Å². The van der Waals surface area contributed by atoms with Crippen molar-refractivity contribution in [1.29, 1.82) is 0 Å². The third-order valence-corrected chi connectivity index (χ3v) is 2.04. The van der Waals surface area contributed by atoms with E-state index in [0.29, 0.717) is 12.1 Å². The maximum absolute atomic E-state index is 11.2. The van der Waals surface area contributed by atoms with Crippen LogP contribution in [0.4, 0.5) is 0 Å². The minimum Gasteiger partial charge on any atom is -0.348 e. The smallest absolute Gasteiger partial charge is 0.310 e. The molecule has 0 fully saturated rings. The molecular weight excluding hydrogens is 200 g/mol. The summed E-state index contributed by atoms with van der Waals surface area (Å²) in [6.07, 6.45) is 0. The number of hydrogen-bond donors (Lipinski definition) is 1. The summed E-state index contributed by atoms with van der Waals surface area (Å²) in [5.74, 6) is -0.120. The molecule has 1 rings (SSSR count). The van der Waals surface area contributed by atoms with Crippen molar-refractivity contribution in [2.24, 2.45) is 0 Å². The Morgan fingerprint density at radius 2 is 2.06 bits per heavy atom. The molecule has 0 aliphatic rings. The van der Waals surface area contributed by atoms with Gasteiger partial charge < -0.3 is 5.32 Å². The Balaban J connectivity index is 2.58. The Bertz CT molecular complexity index is 449. The van der Waals surface area contributed by atoms with Gasteiger partial charge in [0.1, 0.15) is 5.56 Å². The lowest BCUT2D eigenvalue weighted by molar-refractivity contribution is -0.117. The number of benzene rings is 1. The zero-order chi connectivity index (χ0) is 12.0. The molecule has 1 aromatic rings. The van der Waals surface area contributed by atoms with E-state index in [4.69, 9.17) is 0 Å². The van der Waals surface area contributed by atoms with Gasteiger partial charge in [-0.1, -0.05) is 23.6 Å². The summed E-state index contributed by atoms with van der Waals surface area (Å²) >= 11 is 0. The molecule has 0 aliphatic carbocycles. The van der Waals surface area contributed by atoms with E-state index in [1.165, 1.54) is 0 Å². The van der Waals surface area contributed by atoms with Gasteiger partial charge in [0.05, 0.1) is 0 Å². The number of carbonyl (C=O) groups is 1. The Kier molecular flexibility index (Phi) is 4.28. The van der Waals surface area contributed by atoms with Crippen LogP contribution in [-0.4, -0.2) is 13.0 Å². The van der Waals surface area contributed by atoms with E-state index in [9.17, 15) is 4.79 Å². The van der Waals surface area contributed by atoms with Crippen LogP contribution in [0.15, 0.2) is 36.4 Å². The van der Waals surface area contributed by atoms with Crippen LogP contribution in [0.1, 0.15) is 18.1 Å². The standard InChI is InChI=1S/C13H14N2O/c1-10(2)13(16)15-9-12-6-4-11(5-7-12)8-14-3/h4-7H,1,9H2,2-3H3/p+1. The predicted molar refractivity (Wildman–Crippen MR) is 65.4 cm³/mol. The minimum atomic E-state index is -0.120. The van der Waals surface area contributed by atoms with Crippen LogP contribution in [0, 0.1) is 6.07 Å². The topological polar surface area (TPSA) is 33.5 Å². The quantitative estimate of drug-likeness (QED) is 0.770. The molecule has 0 spiro atoms. The summed E-state index contributed by atoms with van der Waals surface area (Å²) in [6, 6.07) is 10.5. The van der Waals surface area contributed by atoms with Crippen molar-refractivity contribution in [3.63, 3.8) is 0 Å². The molecule has 0 bridgehead atoms. The van der Waals surface area contributed by atoms with Crippen molar-refractivity contribution in [2.75, 3.05) is 7.05 Å². The number of rotatable bonds is 3. The van der Waals surface area contributed by atoms with E-state index in [0.717, 1.165) is 11.1 Å². The predicted octanol–water partition coefficient (Wildman–Crippen LogP) is 2.19. The normalized spacial score (nSPS) is 8.88. The summed E-state index contributed by atoms with van der Waals surface area (Å²) in [6.45, 7) is 5.77. The first kappa shape index (κ1) is 12.0. The second kappa shape index (κ2) is 5.72. The summed E-state index contributed by atoms with van der Waals surface area (Å²) in [7, 11) is 1.68. The minimum absolute atomic E-state index is 0.120. The average Bonchev–Trinajstić information content (AvgIpc) is 2.28. The van der Waals surface area contributed by atoms with Crippen molar-refractivity contribution in [2.45, 2.75) is 13.5 Å². The highest BCUT2D eigenvalue weighted by atomic mass is 16.1. The molecule has 1 N–H and O–H groups in total. The van der Waals surface area contributed by atoms with E-state index in [2.05, 4.69) is 22.8 Å². The zero-order valence-electron chi connectivity index (χ0n) is 9.58. The van der Waals surface area contributed by atoms with E-state index < -0.39 is 0 Å². The highest BCUT2D eigenvalue weighted by molar-refractivity contribution is 5.91. The van der Waals surface area contributed by atoms with Crippen molar-refractivity contribution in [1.82, 2.24) is 5.32 Å². The first-order valence-electron chi connectivity index (χ1n) is 5.01. The summed E-state index contributed by atoms with van der Waals surface area (Å²) in [5.41, 5.74) is 2.48. The molecule has 0 aromatic heterocycles. The third-order valence-electron chi connectivity index (χ3n) is 2.04. The van der Waals surface area contributed by atoms with Gasteiger partial charge in [0, 0.05) is 12.1 Å². The molecule has 3 nitrogen and oxygen atoms in total. The highest BCUT2D eigenvalue weighted by Gasteiger charge is 2.01. The molecule has 0 atom stereocenters. The maximum Gasteiger partial charge on any atom is 0.310 e. The van der Waals surface area contributed by atoms with Gasteiger partial charge >= 0.3 is 6.07 Å². The molecule has 0 saturated heterocycles. The highest BCUT2D eigenvalue weighted by Crippen LogP contribution is 2.03. The van der Waals surface area contributed by atoms with Gasteiger partial charge in [-0.2, -0.15) is 0 Å². The zero-order valence-corrected chi connectivity index (χ0v) is 9.58. The van der Waals surface area contributed by atoms with Crippen LogP contribution < -0.4 is 5.32 Å². The van der Waals surface area contributed by atoms with Crippen molar-refractivity contribution in [3.8, 4) is 6.07 Å². The van der Waals surface area contributed by atoms with Crippen molar-refractivity contribution < 1.29 is 4.79 Å². The first-order chi connectivity index (χ1) is 7.63. The molecule has 82 valence electrons.